The number of hydrogen-bond donors (Lipinski definition) is 1. The van der Waals surface area contributed by atoms with Crippen molar-refractivity contribution >= 4 is 63.4 Å². The van der Waals surface area contributed by atoms with E-state index in [1.165, 1.54) is 35.1 Å². The first-order chi connectivity index (χ1) is 16.5. The molecule has 0 saturated heterocycles. The molecule has 0 saturated carbocycles. The molecule has 2 amide bonds. The topological polar surface area (TPSA) is 71.0 Å². The smallest absolute Gasteiger partial charge is 0.283 e. The molecule has 2 heterocycles. The highest BCUT2D eigenvalue weighted by Gasteiger charge is 2.33. The third-order valence-electron chi connectivity index (χ3n) is 5.05. The van der Waals surface area contributed by atoms with Crippen molar-refractivity contribution in [3.63, 3.8) is 0 Å². The number of halogens is 1. The fraction of sp³-hybridized carbons (Fsp3) is 0.160. The van der Waals surface area contributed by atoms with Crippen molar-refractivity contribution in [3.8, 4) is 5.75 Å². The summed E-state index contributed by atoms with van der Waals surface area (Å²) < 4.78 is 5.23. The van der Waals surface area contributed by atoms with E-state index in [0.717, 1.165) is 10.4 Å². The standard InChI is InChI=1S/C25H22ClN3O3S2/c1-16(17-7-4-3-5-8-17)27-23(30)15-34-25-28-21(14-19-9-6-12-33-19)24(31)29(25)18-10-11-22(32-2)20(26)13-18/h3-14,16H,15H2,1-2H3,(H,27,30)/b21-14+. The molecule has 1 aliphatic heterocycles. The molecule has 1 unspecified atom stereocenters. The molecular weight excluding hydrogens is 490 g/mol. The number of thioether (sulfide) groups is 1. The molecule has 0 spiro atoms. The van der Waals surface area contributed by atoms with Gasteiger partial charge < -0.3 is 10.1 Å². The van der Waals surface area contributed by atoms with Crippen LogP contribution in [-0.2, 0) is 9.59 Å². The fourth-order valence-corrected chi connectivity index (χ4v) is 5.09. The number of carbonyl (C=O) groups excluding carboxylic acids is 2. The fourth-order valence-electron chi connectivity index (χ4n) is 3.36. The Morgan fingerprint density at radius 3 is 2.71 bits per heavy atom. The van der Waals surface area contributed by atoms with Crippen LogP contribution in [-0.4, -0.2) is 29.8 Å². The summed E-state index contributed by atoms with van der Waals surface area (Å²) >= 11 is 9.03. The third kappa shape index (κ3) is 5.52. The van der Waals surface area contributed by atoms with Gasteiger partial charge in [-0.3, -0.25) is 14.5 Å². The minimum absolute atomic E-state index is 0.107. The van der Waals surface area contributed by atoms with Gasteiger partial charge in [-0.2, -0.15) is 0 Å². The van der Waals surface area contributed by atoms with Crippen molar-refractivity contribution in [1.29, 1.82) is 0 Å². The number of carbonyl (C=O) groups is 2. The zero-order valence-corrected chi connectivity index (χ0v) is 20.9. The number of aliphatic imine (C=N–C) groups is 1. The number of amides is 2. The van der Waals surface area contributed by atoms with Gasteiger partial charge in [0.1, 0.15) is 11.4 Å². The molecule has 4 rings (SSSR count). The van der Waals surface area contributed by atoms with Crippen LogP contribution in [0.15, 0.2) is 76.7 Å². The van der Waals surface area contributed by atoms with E-state index in [9.17, 15) is 9.59 Å². The first-order valence-corrected chi connectivity index (χ1v) is 12.7. The first kappa shape index (κ1) is 24.1. The molecule has 1 atom stereocenters. The van der Waals surface area contributed by atoms with Crippen LogP contribution in [0.1, 0.15) is 23.4 Å². The second-order valence-corrected chi connectivity index (χ2v) is 9.72. The highest BCUT2D eigenvalue weighted by molar-refractivity contribution is 8.14. The Labute approximate surface area is 211 Å². The average molecular weight is 512 g/mol. The Morgan fingerprint density at radius 1 is 1.24 bits per heavy atom. The first-order valence-electron chi connectivity index (χ1n) is 10.4. The molecule has 1 aromatic heterocycles. The zero-order chi connectivity index (χ0) is 24.1. The van der Waals surface area contributed by atoms with Crippen LogP contribution in [0.5, 0.6) is 5.75 Å². The molecule has 0 aliphatic carbocycles. The van der Waals surface area contributed by atoms with E-state index in [-0.39, 0.29) is 23.6 Å². The van der Waals surface area contributed by atoms with Crippen LogP contribution in [0.25, 0.3) is 6.08 Å². The third-order valence-corrected chi connectivity index (χ3v) is 7.11. The molecule has 3 aromatic rings. The van der Waals surface area contributed by atoms with E-state index in [0.29, 0.717) is 27.3 Å². The Bertz CT molecular complexity index is 1240. The molecular formula is C25H22ClN3O3S2. The minimum atomic E-state index is -0.282. The van der Waals surface area contributed by atoms with Crippen LogP contribution in [0.2, 0.25) is 5.02 Å². The predicted octanol–water partition coefficient (Wildman–Crippen LogP) is 5.76. The lowest BCUT2D eigenvalue weighted by atomic mass is 10.1. The van der Waals surface area contributed by atoms with Crippen molar-refractivity contribution in [2.75, 3.05) is 17.8 Å². The van der Waals surface area contributed by atoms with Gasteiger partial charge in [-0.1, -0.05) is 59.8 Å². The number of ether oxygens (including phenoxy) is 1. The number of nitrogens with zero attached hydrogens (tertiary/aromatic N) is 2. The van der Waals surface area contributed by atoms with Crippen molar-refractivity contribution in [1.82, 2.24) is 5.32 Å². The van der Waals surface area contributed by atoms with Gasteiger partial charge in [-0.05, 0) is 48.2 Å². The maximum atomic E-state index is 13.3. The summed E-state index contributed by atoms with van der Waals surface area (Å²) in [5.41, 5.74) is 1.87. The number of thiophene rings is 1. The number of hydrogen-bond acceptors (Lipinski definition) is 6. The van der Waals surface area contributed by atoms with E-state index in [1.807, 2.05) is 54.8 Å². The molecule has 9 heteroatoms. The summed E-state index contributed by atoms with van der Waals surface area (Å²) in [4.78, 5) is 32.9. The highest BCUT2D eigenvalue weighted by atomic mass is 35.5. The number of nitrogens with one attached hydrogen (secondary N) is 1. The second-order valence-electron chi connectivity index (χ2n) is 7.39. The van der Waals surface area contributed by atoms with Crippen LogP contribution >= 0.6 is 34.7 Å². The monoisotopic (exact) mass is 511 g/mol. The quantitative estimate of drug-likeness (QED) is 0.409. The predicted molar refractivity (Wildman–Crippen MR) is 141 cm³/mol. The largest absolute Gasteiger partial charge is 0.495 e. The van der Waals surface area contributed by atoms with E-state index in [4.69, 9.17) is 16.3 Å². The van der Waals surface area contributed by atoms with E-state index in [1.54, 1.807) is 24.3 Å². The lowest BCUT2D eigenvalue weighted by Gasteiger charge is -2.19. The second kappa shape index (κ2) is 10.9. The summed E-state index contributed by atoms with van der Waals surface area (Å²) in [6, 6.07) is 18.5. The lowest BCUT2D eigenvalue weighted by Crippen LogP contribution is -2.33. The molecule has 6 nitrogen and oxygen atoms in total. The van der Waals surface area contributed by atoms with Gasteiger partial charge >= 0.3 is 0 Å². The van der Waals surface area contributed by atoms with E-state index < -0.39 is 0 Å². The molecule has 0 fully saturated rings. The summed E-state index contributed by atoms with van der Waals surface area (Å²) in [6.07, 6.45) is 1.75. The van der Waals surface area contributed by atoms with Crippen LogP contribution in [0.4, 0.5) is 5.69 Å². The zero-order valence-electron chi connectivity index (χ0n) is 18.5. The van der Waals surface area contributed by atoms with Gasteiger partial charge in [-0.25, -0.2) is 4.99 Å². The van der Waals surface area contributed by atoms with Crippen molar-refractivity contribution in [2.45, 2.75) is 13.0 Å². The summed E-state index contributed by atoms with van der Waals surface area (Å²) in [6.45, 7) is 1.93. The number of benzene rings is 2. The molecule has 34 heavy (non-hydrogen) atoms. The number of methoxy groups -OCH3 is 1. The van der Waals surface area contributed by atoms with Crippen LogP contribution < -0.4 is 15.0 Å². The van der Waals surface area contributed by atoms with Gasteiger partial charge in [-0.15, -0.1) is 11.3 Å². The Balaban J connectivity index is 1.54. The molecule has 0 bridgehead atoms. The van der Waals surface area contributed by atoms with Gasteiger partial charge in [0.25, 0.3) is 5.91 Å². The summed E-state index contributed by atoms with van der Waals surface area (Å²) in [5, 5.41) is 5.71. The van der Waals surface area contributed by atoms with Crippen LogP contribution in [0.3, 0.4) is 0 Å². The maximum absolute atomic E-state index is 13.3. The number of rotatable bonds is 7. The minimum Gasteiger partial charge on any atom is -0.495 e. The number of anilines is 1. The summed E-state index contributed by atoms with van der Waals surface area (Å²) in [5.74, 6) is 0.178. The Morgan fingerprint density at radius 2 is 2.03 bits per heavy atom. The van der Waals surface area contributed by atoms with E-state index >= 15 is 0 Å². The van der Waals surface area contributed by atoms with Crippen molar-refractivity contribution in [3.05, 3.63) is 87.2 Å². The lowest BCUT2D eigenvalue weighted by molar-refractivity contribution is -0.119. The molecule has 174 valence electrons. The Kier molecular flexibility index (Phi) is 7.72. The number of amidine groups is 1. The molecule has 1 aliphatic rings. The average Bonchev–Trinajstić information content (AvgIpc) is 3.46. The highest BCUT2D eigenvalue weighted by Crippen LogP contribution is 2.34. The SMILES string of the molecule is COc1ccc(N2C(=O)/C(=C\c3cccs3)N=C2SCC(=O)NC(C)c2ccccc2)cc1Cl. The Hall–Kier alpha value is -3.07. The van der Waals surface area contributed by atoms with E-state index in [2.05, 4.69) is 10.3 Å². The molecule has 1 N–H and O–H groups in total. The van der Waals surface area contributed by atoms with Crippen molar-refractivity contribution in [2.24, 2.45) is 4.99 Å². The van der Waals surface area contributed by atoms with Crippen molar-refractivity contribution < 1.29 is 14.3 Å². The normalized spacial score (nSPS) is 15.4. The van der Waals surface area contributed by atoms with Gasteiger partial charge in [0, 0.05) is 4.88 Å². The molecule has 2 aromatic carbocycles. The maximum Gasteiger partial charge on any atom is 0.283 e. The molecule has 0 radical (unpaired) electrons. The van der Waals surface area contributed by atoms with Gasteiger partial charge in [0.05, 0.1) is 29.6 Å². The van der Waals surface area contributed by atoms with Crippen LogP contribution in [0, 0.1) is 0 Å². The van der Waals surface area contributed by atoms with Gasteiger partial charge in [0.2, 0.25) is 5.91 Å². The summed E-state index contributed by atoms with van der Waals surface area (Å²) in [7, 11) is 1.53. The van der Waals surface area contributed by atoms with Gasteiger partial charge in [0.15, 0.2) is 5.17 Å².